The molecular weight excluding hydrogens is 256 g/mol. The summed E-state index contributed by atoms with van der Waals surface area (Å²) in [4.78, 5) is 0. The molecule has 0 amide bonds. The van der Waals surface area contributed by atoms with Crippen molar-refractivity contribution in [2.24, 2.45) is 27.4 Å². The first-order valence-electron chi connectivity index (χ1n) is 5.96. The summed E-state index contributed by atoms with van der Waals surface area (Å²) in [7, 11) is 0. The Morgan fingerprint density at radius 3 is 2.20 bits per heavy atom. The number of nitrogens with zero attached hydrogens (tertiary/aromatic N) is 2. The zero-order valence-corrected chi connectivity index (χ0v) is 11.5. The van der Waals surface area contributed by atoms with Gasteiger partial charge in [0.05, 0.1) is 11.4 Å². The SMILES string of the molecule is C/C(=N\NC(=N)N)c1cccc(/C(C)=N/NC(N)N)c1. The maximum absolute atomic E-state index is 7.06. The molecule has 1 aromatic carbocycles. The van der Waals surface area contributed by atoms with E-state index in [1.165, 1.54) is 0 Å². The predicted octanol–water partition coefficient (Wildman–Crippen LogP) is -0.592. The quantitative estimate of drug-likeness (QED) is 0.184. The normalized spacial score (nSPS) is 12.4. The fourth-order valence-electron chi connectivity index (χ4n) is 1.41. The van der Waals surface area contributed by atoms with Crippen LogP contribution in [0.5, 0.6) is 0 Å². The summed E-state index contributed by atoms with van der Waals surface area (Å²) in [6.45, 7) is 3.66. The zero-order chi connectivity index (χ0) is 15.1. The molecule has 108 valence electrons. The molecule has 0 radical (unpaired) electrons. The molecule has 8 nitrogen and oxygen atoms in total. The van der Waals surface area contributed by atoms with E-state index in [-0.39, 0.29) is 5.96 Å². The molecule has 0 unspecified atom stereocenters. The van der Waals surface area contributed by atoms with Gasteiger partial charge in [0.25, 0.3) is 0 Å². The Morgan fingerprint density at radius 2 is 1.70 bits per heavy atom. The van der Waals surface area contributed by atoms with Crippen molar-refractivity contribution in [2.75, 3.05) is 0 Å². The summed E-state index contributed by atoms with van der Waals surface area (Å²) in [6, 6.07) is 7.62. The molecule has 1 aromatic rings. The Labute approximate surface area is 117 Å². The molecule has 0 aliphatic carbocycles. The number of guanidine groups is 1. The van der Waals surface area contributed by atoms with Crippen LogP contribution in [0.3, 0.4) is 0 Å². The maximum Gasteiger partial charge on any atom is 0.206 e. The van der Waals surface area contributed by atoms with Gasteiger partial charge in [-0.1, -0.05) is 18.2 Å². The van der Waals surface area contributed by atoms with E-state index >= 15 is 0 Å². The number of hydrazone groups is 2. The number of hydrogen-bond donors (Lipinski definition) is 6. The summed E-state index contributed by atoms with van der Waals surface area (Å²) in [5.74, 6) is -0.209. The Kier molecular flexibility index (Phi) is 5.63. The Hall–Kier alpha value is -2.45. The minimum atomic E-state index is -0.698. The van der Waals surface area contributed by atoms with Gasteiger partial charge in [-0.05, 0) is 31.0 Å². The second kappa shape index (κ2) is 7.22. The second-order valence-electron chi connectivity index (χ2n) is 4.16. The van der Waals surface area contributed by atoms with Gasteiger partial charge in [-0.2, -0.15) is 10.2 Å². The first-order valence-corrected chi connectivity index (χ1v) is 5.96. The molecule has 9 N–H and O–H groups in total. The third-order valence-electron chi connectivity index (χ3n) is 2.42. The van der Waals surface area contributed by atoms with Crippen LogP contribution >= 0.6 is 0 Å². The molecule has 1 rings (SSSR count). The van der Waals surface area contributed by atoms with Crippen molar-refractivity contribution >= 4 is 17.4 Å². The molecule has 0 saturated heterocycles. The lowest BCUT2D eigenvalue weighted by atomic mass is 10.1. The summed E-state index contributed by atoms with van der Waals surface area (Å²) >= 11 is 0. The molecule has 0 atom stereocenters. The van der Waals surface area contributed by atoms with Gasteiger partial charge in [0, 0.05) is 0 Å². The number of benzene rings is 1. The molecule has 0 spiro atoms. The lowest BCUT2D eigenvalue weighted by Gasteiger charge is -2.08. The van der Waals surface area contributed by atoms with E-state index in [0.29, 0.717) is 5.71 Å². The number of nitrogens with one attached hydrogen (secondary N) is 3. The standard InChI is InChI=1S/C12H20N8/c1-7(17-19-11(13)14)9-4-3-5-10(6-9)8(2)18-20-12(15)16/h3-6,11,19H,13-14H2,1-2H3,(H4,15,16,20)/b17-7+,18-8+. The molecule has 0 bridgehead atoms. The summed E-state index contributed by atoms with van der Waals surface area (Å²) in [6.07, 6.45) is -0.698. The lowest BCUT2D eigenvalue weighted by molar-refractivity contribution is 0.571. The topological polar surface area (TPSA) is 151 Å². The van der Waals surface area contributed by atoms with E-state index < -0.39 is 6.29 Å². The van der Waals surface area contributed by atoms with E-state index in [4.69, 9.17) is 22.6 Å². The molecule has 0 aliphatic rings. The highest BCUT2D eigenvalue weighted by Crippen LogP contribution is 2.07. The van der Waals surface area contributed by atoms with E-state index in [1.807, 2.05) is 38.1 Å². The van der Waals surface area contributed by atoms with Crippen molar-refractivity contribution in [1.29, 1.82) is 5.41 Å². The molecule has 0 heterocycles. The average Bonchev–Trinajstić information content (AvgIpc) is 2.42. The third kappa shape index (κ3) is 5.04. The Balaban J connectivity index is 2.93. The first kappa shape index (κ1) is 15.6. The van der Waals surface area contributed by atoms with Gasteiger partial charge >= 0.3 is 0 Å². The van der Waals surface area contributed by atoms with Gasteiger partial charge in [0.2, 0.25) is 5.96 Å². The highest BCUT2D eigenvalue weighted by Gasteiger charge is 2.03. The van der Waals surface area contributed by atoms with Crippen molar-refractivity contribution in [3.05, 3.63) is 35.4 Å². The monoisotopic (exact) mass is 276 g/mol. The van der Waals surface area contributed by atoms with Crippen molar-refractivity contribution in [2.45, 2.75) is 20.1 Å². The largest absolute Gasteiger partial charge is 0.369 e. The van der Waals surface area contributed by atoms with Crippen LogP contribution in [0.4, 0.5) is 0 Å². The van der Waals surface area contributed by atoms with E-state index in [2.05, 4.69) is 21.1 Å². The van der Waals surface area contributed by atoms with Gasteiger partial charge in [-0.15, -0.1) is 0 Å². The fourth-order valence-corrected chi connectivity index (χ4v) is 1.41. The van der Waals surface area contributed by atoms with Crippen LogP contribution in [0.25, 0.3) is 0 Å². The van der Waals surface area contributed by atoms with Gasteiger partial charge in [0.15, 0.2) is 0 Å². The predicted molar refractivity (Wildman–Crippen MR) is 81.2 cm³/mol. The number of nitrogens with two attached hydrogens (primary N) is 3. The van der Waals surface area contributed by atoms with Crippen LogP contribution in [0.2, 0.25) is 0 Å². The molecule has 0 saturated carbocycles. The third-order valence-corrected chi connectivity index (χ3v) is 2.42. The van der Waals surface area contributed by atoms with E-state index in [1.54, 1.807) is 0 Å². The van der Waals surface area contributed by atoms with Crippen LogP contribution in [0.1, 0.15) is 25.0 Å². The minimum absolute atomic E-state index is 0.209. The first-order chi connectivity index (χ1) is 9.40. The van der Waals surface area contributed by atoms with Crippen molar-refractivity contribution in [3.8, 4) is 0 Å². The molecule has 0 fully saturated rings. The zero-order valence-electron chi connectivity index (χ0n) is 11.5. The smallest absolute Gasteiger partial charge is 0.206 e. The summed E-state index contributed by atoms with van der Waals surface area (Å²) < 4.78 is 0. The highest BCUT2D eigenvalue weighted by molar-refractivity contribution is 6.03. The van der Waals surface area contributed by atoms with E-state index in [0.717, 1.165) is 16.8 Å². The van der Waals surface area contributed by atoms with Crippen molar-refractivity contribution in [1.82, 2.24) is 10.9 Å². The van der Waals surface area contributed by atoms with Gasteiger partial charge < -0.3 is 5.73 Å². The van der Waals surface area contributed by atoms with Crippen LogP contribution in [-0.2, 0) is 0 Å². The lowest BCUT2D eigenvalue weighted by Crippen LogP contribution is -2.42. The van der Waals surface area contributed by atoms with Gasteiger partial charge in [-0.3, -0.25) is 22.3 Å². The number of rotatable bonds is 5. The van der Waals surface area contributed by atoms with Crippen molar-refractivity contribution in [3.63, 3.8) is 0 Å². The Morgan fingerprint density at radius 1 is 1.15 bits per heavy atom. The average molecular weight is 276 g/mol. The van der Waals surface area contributed by atoms with Crippen LogP contribution in [-0.4, -0.2) is 23.7 Å². The second-order valence-corrected chi connectivity index (χ2v) is 4.16. The van der Waals surface area contributed by atoms with Crippen molar-refractivity contribution < 1.29 is 0 Å². The maximum atomic E-state index is 7.06. The fraction of sp³-hybridized carbons (Fsp3) is 0.250. The molecule has 0 aliphatic heterocycles. The van der Waals surface area contributed by atoms with Crippen LogP contribution in [0.15, 0.2) is 34.5 Å². The van der Waals surface area contributed by atoms with Gasteiger partial charge in [-0.25, -0.2) is 5.43 Å². The number of hydrogen-bond acceptors (Lipinski definition) is 6. The van der Waals surface area contributed by atoms with Crippen LogP contribution in [0, 0.1) is 5.41 Å². The molecule has 0 aromatic heterocycles. The summed E-state index contributed by atoms with van der Waals surface area (Å²) in [5.41, 5.74) is 24.2. The van der Waals surface area contributed by atoms with Gasteiger partial charge in [0.1, 0.15) is 6.29 Å². The minimum Gasteiger partial charge on any atom is -0.369 e. The van der Waals surface area contributed by atoms with E-state index in [9.17, 15) is 0 Å². The Bertz CT molecular complexity index is 532. The molecule has 8 heteroatoms. The summed E-state index contributed by atoms with van der Waals surface area (Å²) in [5, 5.41) is 15.1. The highest BCUT2D eigenvalue weighted by atomic mass is 15.4. The van der Waals surface area contributed by atoms with Crippen LogP contribution < -0.4 is 28.1 Å². The molecular formula is C12H20N8. The molecule has 20 heavy (non-hydrogen) atoms.